The number of imidazole rings is 1. The zero-order valence-electron chi connectivity index (χ0n) is 14.8. The first-order chi connectivity index (χ1) is 11.9. The van der Waals surface area contributed by atoms with E-state index in [1.807, 2.05) is 36.5 Å². The summed E-state index contributed by atoms with van der Waals surface area (Å²) in [6.45, 7) is 7.38. The van der Waals surface area contributed by atoms with Crippen molar-refractivity contribution >= 4 is 11.6 Å². The number of rotatable bonds is 5. The first-order valence-corrected chi connectivity index (χ1v) is 8.39. The summed E-state index contributed by atoms with van der Waals surface area (Å²) in [5.74, 6) is 0.641. The molecule has 0 saturated heterocycles. The average Bonchev–Trinajstić information content (AvgIpc) is 3.02. The number of nitrogens with zero attached hydrogens (tertiary/aromatic N) is 2. The Hall–Kier alpha value is -2.82. The fourth-order valence-corrected chi connectivity index (χ4v) is 2.58. The molecule has 130 valence electrons. The predicted molar refractivity (Wildman–Crippen MR) is 98.2 cm³/mol. The quantitative estimate of drug-likeness (QED) is 0.726. The van der Waals surface area contributed by atoms with Gasteiger partial charge in [0.15, 0.2) is 0 Å². The summed E-state index contributed by atoms with van der Waals surface area (Å²) in [5, 5.41) is 2.86. The molecule has 0 atom stereocenters. The first-order valence-electron chi connectivity index (χ1n) is 8.39. The largest absolute Gasteiger partial charge is 0.492 e. The van der Waals surface area contributed by atoms with Crippen LogP contribution in [0.4, 0.5) is 0 Å². The topological polar surface area (TPSA) is 55.6 Å². The number of amides is 1. The number of benzene rings is 1. The lowest BCUT2D eigenvalue weighted by Gasteiger charge is -2.19. The molecule has 0 fully saturated rings. The highest BCUT2D eigenvalue weighted by Crippen LogP contribution is 2.24. The molecule has 3 aromatic rings. The minimum absolute atomic E-state index is 0.126. The lowest BCUT2D eigenvalue weighted by atomic mass is 9.87. The Labute approximate surface area is 147 Å². The third-order valence-corrected chi connectivity index (χ3v) is 4.03. The smallest absolute Gasteiger partial charge is 0.270 e. The monoisotopic (exact) mass is 337 g/mol. The maximum atomic E-state index is 12.3. The van der Waals surface area contributed by atoms with Crippen LogP contribution in [0.1, 0.15) is 36.8 Å². The van der Waals surface area contributed by atoms with Crippen molar-refractivity contribution < 1.29 is 9.53 Å². The molecule has 0 aliphatic heterocycles. The number of carbonyl (C=O) groups is 1. The Balaban J connectivity index is 1.51. The molecule has 5 nitrogen and oxygen atoms in total. The maximum absolute atomic E-state index is 12.3. The van der Waals surface area contributed by atoms with Crippen molar-refractivity contribution in [3.05, 3.63) is 66.1 Å². The summed E-state index contributed by atoms with van der Waals surface area (Å²) >= 11 is 0. The summed E-state index contributed by atoms with van der Waals surface area (Å²) in [4.78, 5) is 16.5. The van der Waals surface area contributed by atoms with Gasteiger partial charge in [-0.2, -0.15) is 0 Å². The van der Waals surface area contributed by atoms with E-state index in [0.717, 1.165) is 11.4 Å². The summed E-state index contributed by atoms with van der Waals surface area (Å²) in [6, 6.07) is 13.7. The van der Waals surface area contributed by atoms with Gasteiger partial charge in [0.25, 0.3) is 5.91 Å². The van der Waals surface area contributed by atoms with Gasteiger partial charge in [-0.05, 0) is 35.2 Å². The van der Waals surface area contributed by atoms with Crippen LogP contribution in [0.15, 0.2) is 54.9 Å². The van der Waals surface area contributed by atoms with Crippen LogP contribution in [0.2, 0.25) is 0 Å². The van der Waals surface area contributed by atoms with Gasteiger partial charge < -0.3 is 10.1 Å². The van der Waals surface area contributed by atoms with E-state index in [1.54, 1.807) is 10.6 Å². The summed E-state index contributed by atoms with van der Waals surface area (Å²) < 4.78 is 7.46. The third-order valence-electron chi connectivity index (χ3n) is 4.03. The Morgan fingerprint density at radius 2 is 1.92 bits per heavy atom. The van der Waals surface area contributed by atoms with Gasteiger partial charge in [-0.25, -0.2) is 4.98 Å². The van der Waals surface area contributed by atoms with Crippen LogP contribution < -0.4 is 10.1 Å². The average molecular weight is 337 g/mol. The number of pyridine rings is 1. The van der Waals surface area contributed by atoms with Crippen molar-refractivity contribution in [3.63, 3.8) is 0 Å². The van der Waals surface area contributed by atoms with Crippen LogP contribution in [-0.2, 0) is 5.41 Å². The van der Waals surface area contributed by atoms with E-state index >= 15 is 0 Å². The molecule has 1 aromatic carbocycles. The summed E-state index contributed by atoms with van der Waals surface area (Å²) in [6.07, 6.45) is 3.40. The summed E-state index contributed by atoms with van der Waals surface area (Å²) in [5.41, 5.74) is 2.66. The molecule has 1 N–H and O–H groups in total. The van der Waals surface area contributed by atoms with Crippen molar-refractivity contribution in [1.29, 1.82) is 0 Å². The fourth-order valence-electron chi connectivity index (χ4n) is 2.58. The Bertz CT molecular complexity index is 861. The highest BCUT2D eigenvalue weighted by Gasteiger charge is 2.13. The number of fused-ring (bicyclic) bond motifs is 1. The lowest BCUT2D eigenvalue weighted by molar-refractivity contribution is 0.0941. The molecule has 3 rings (SSSR count). The molecular formula is C20H23N3O2. The minimum atomic E-state index is -0.162. The number of hydrogen-bond donors (Lipinski definition) is 1. The molecule has 0 unspecified atom stereocenters. The van der Waals surface area contributed by atoms with Crippen LogP contribution in [0.3, 0.4) is 0 Å². The van der Waals surface area contributed by atoms with E-state index in [4.69, 9.17) is 4.74 Å². The van der Waals surface area contributed by atoms with Crippen molar-refractivity contribution in [2.75, 3.05) is 13.2 Å². The van der Waals surface area contributed by atoms with Crippen LogP contribution in [0.25, 0.3) is 5.65 Å². The second-order valence-electron chi connectivity index (χ2n) is 6.95. The molecule has 0 radical (unpaired) electrons. The first kappa shape index (κ1) is 17.0. The van der Waals surface area contributed by atoms with Crippen molar-refractivity contribution in [1.82, 2.24) is 14.7 Å². The van der Waals surface area contributed by atoms with Crippen LogP contribution >= 0.6 is 0 Å². The van der Waals surface area contributed by atoms with Gasteiger partial charge in [-0.3, -0.25) is 9.20 Å². The molecule has 2 aromatic heterocycles. The minimum Gasteiger partial charge on any atom is -0.492 e. The predicted octanol–water partition coefficient (Wildman–Crippen LogP) is 3.44. The van der Waals surface area contributed by atoms with Gasteiger partial charge in [0.1, 0.15) is 23.7 Å². The zero-order chi connectivity index (χ0) is 17.9. The van der Waals surface area contributed by atoms with E-state index in [2.05, 4.69) is 43.2 Å². The highest BCUT2D eigenvalue weighted by atomic mass is 16.5. The molecule has 0 aliphatic carbocycles. The van der Waals surface area contributed by atoms with E-state index in [9.17, 15) is 4.79 Å². The lowest BCUT2D eigenvalue weighted by Crippen LogP contribution is -2.29. The van der Waals surface area contributed by atoms with E-state index in [0.29, 0.717) is 18.8 Å². The molecule has 0 aliphatic rings. The molecule has 0 saturated carbocycles. The van der Waals surface area contributed by atoms with Gasteiger partial charge in [0.05, 0.1) is 12.7 Å². The Morgan fingerprint density at radius 1 is 1.16 bits per heavy atom. The number of hydrogen-bond acceptors (Lipinski definition) is 3. The third kappa shape index (κ3) is 3.99. The van der Waals surface area contributed by atoms with Crippen LogP contribution in [0, 0.1) is 0 Å². The standard InChI is InChI=1S/C20H23N3O2/c1-20(2,3)15-7-9-16(10-8-15)25-13-11-21-19(24)17-14-22-18-6-4-5-12-23(17)18/h4-10,12,14H,11,13H2,1-3H3,(H,21,24). The summed E-state index contributed by atoms with van der Waals surface area (Å²) in [7, 11) is 0. The van der Waals surface area contributed by atoms with E-state index in [1.165, 1.54) is 5.56 Å². The second-order valence-corrected chi connectivity index (χ2v) is 6.95. The van der Waals surface area contributed by atoms with Gasteiger partial charge in [-0.1, -0.05) is 39.0 Å². The van der Waals surface area contributed by atoms with E-state index < -0.39 is 0 Å². The SMILES string of the molecule is CC(C)(C)c1ccc(OCCNC(=O)c2cnc3ccccn23)cc1. The van der Waals surface area contributed by atoms with Gasteiger partial charge in [0.2, 0.25) is 0 Å². The van der Waals surface area contributed by atoms with Gasteiger partial charge in [0, 0.05) is 6.20 Å². The Morgan fingerprint density at radius 3 is 2.64 bits per heavy atom. The van der Waals surface area contributed by atoms with Crippen LogP contribution in [0.5, 0.6) is 5.75 Å². The van der Waals surface area contributed by atoms with Crippen LogP contribution in [-0.4, -0.2) is 28.4 Å². The fraction of sp³-hybridized carbons (Fsp3) is 0.300. The van der Waals surface area contributed by atoms with Gasteiger partial charge >= 0.3 is 0 Å². The molecule has 25 heavy (non-hydrogen) atoms. The van der Waals surface area contributed by atoms with Crippen molar-refractivity contribution in [2.45, 2.75) is 26.2 Å². The van der Waals surface area contributed by atoms with E-state index in [-0.39, 0.29) is 11.3 Å². The molecule has 0 spiro atoms. The number of aromatic nitrogens is 2. The number of carbonyl (C=O) groups excluding carboxylic acids is 1. The van der Waals surface area contributed by atoms with Crippen molar-refractivity contribution in [3.8, 4) is 5.75 Å². The molecule has 2 heterocycles. The highest BCUT2D eigenvalue weighted by molar-refractivity contribution is 5.93. The van der Waals surface area contributed by atoms with Gasteiger partial charge in [-0.15, -0.1) is 0 Å². The normalized spacial score (nSPS) is 11.5. The maximum Gasteiger partial charge on any atom is 0.270 e. The molecule has 0 bridgehead atoms. The second kappa shape index (κ2) is 6.97. The Kier molecular flexibility index (Phi) is 4.74. The van der Waals surface area contributed by atoms with Crippen molar-refractivity contribution in [2.24, 2.45) is 0 Å². The zero-order valence-corrected chi connectivity index (χ0v) is 14.8. The number of ether oxygens (including phenoxy) is 1. The molecule has 1 amide bonds. The number of nitrogens with one attached hydrogen (secondary N) is 1. The molecule has 5 heteroatoms. The molecular weight excluding hydrogens is 314 g/mol.